The smallest absolute Gasteiger partial charge is 0.248 e. The van der Waals surface area contributed by atoms with Crippen LogP contribution < -0.4 is 5.32 Å². The quantitative estimate of drug-likeness (QED) is 0.778. The van der Waals surface area contributed by atoms with Gasteiger partial charge >= 0.3 is 0 Å². The lowest BCUT2D eigenvalue weighted by Crippen LogP contribution is -2.71. The fourth-order valence-corrected chi connectivity index (χ4v) is 4.34. The summed E-state index contributed by atoms with van der Waals surface area (Å²) in [5, 5.41) is 2.92. The summed E-state index contributed by atoms with van der Waals surface area (Å²) in [4.78, 5) is 30.0. The molecule has 3 atom stereocenters. The maximum absolute atomic E-state index is 13.1. The highest BCUT2D eigenvalue weighted by atomic mass is 16.5. The van der Waals surface area contributed by atoms with Gasteiger partial charge < -0.3 is 15.0 Å². The van der Waals surface area contributed by atoms with E-state index in [9.17, 15) is 9.59 Å². The van der Waals surface area contributed by atoms with Gasteiger partial charge in [0.15, 0.2) is 0 Å². The third kappa shape index (κ3) is 4.81. The molecule has 0 spiro atoms. The molecule has 4 rings (SSSR count). The Kier molecular flexibility index (Phi) is 6.39. The lowest BCUT2D eigenvalue weighted by molar-refractivity contribution is -0.157. The zero-order valence-corrected chi connectivity index (χ0v) is 18.5. The van der Waals surface area contributed by atoms with E-state index in [2.05, 4.69) is 42.3 Å². The SMILES string of the molecule is Cc1ccc(CN2CCN3C(=O)[C@H]([C@@H](C)OCc4ccccc4)NC(=O)[C@H]3C2)cc1C. The van der Waals surface area contributed by atoms with Crippen molar-refractivity contribution in [3.05, 3.63) is 70.8 Å². The van der Waals surface area contributed by atoms with Crippen molar-refractivity contribution in [2.24, 2.45) is 0 Å². The van der Waals surface area contributed by atoms with Crippen molar-refractivity contribution in [3.8, 4) is 0 Å². The molecule has 6 nitrogen and oxygen atoms in total. The van der Waals surface area contributed by atoms with Crippen LogP contribution in [0.3, 0.4) is 0 Å². The van der Waals surface area contributed by atoms with Crippen molar-refractivity contribution in [1.82, 2.24) is 15.1 Å². The second kappa shape index (κ2) is 9.20. The number of carbonyl (C=O) groups excluding carboxylic acids is 2. The minimum Gasteiger partial charge on any atom is -0.371 e. The third-order valence-corrected chi connectivity index (χ3v) is 6.42. The molecule has 2 aromatic carbocycles. The number of fused-ring (bicyclic) bond motifs is 1. The second-order valence-corrected chi connectivity index (χ2v) is 8.69. The van der Waals surface area contributed by atoms with Crippen LogP contribution in [-0.4, -0.2) is 59.4 Å². The second-order valence-electron chi connectivity index (χ2n) is 8.69. The van der Waals surface area contributed by atoms with E-state index in [1.807, 2.05) is 37.3 Å². The standard InChI is InChI=1S/C25H31N3O3/c1-17-9-10-21(13-18(17)2)14-27-11-12-28-22(15-27)24(29)26-23(25(28)30)19(3)31-16-20-7-5-4-6-8-20/h4-10,13,19,22-23H,11-12,14-16H2,1-3H3,(H,26,29)/t19-,22-,23+/m1/s1. The van der Waals surface area contributed by atoms with E-state index in [1.165, 1.54) is 16.7 Å². The molecule has 0 aliphatic carbocycles. The lowest BCUT2D eigenvalue weighted by atomic mass is 10.00. The van der Waals surface area contributed by atoms with Crippen LogP contribution in [0, 0.1) is 13.8 Å². The fourth-order valence-electron chi connectivity index (χ4n) is 4.34. The molecule has 2 aliphatic heterocycles. The van der Waals surface area contributed by atoms with Crippen LogP contribution in [0.15, 0.2) is 48.5 Å². The first kappa shape index (κ1) is 21.5. The molecule has 31 heavy (non-hydrogen) atoms. The number of hydrogen-bond acceptors (Lipinski definition) is 4. The number of rotatable bonds is 6. The number of amides is 2. The Morgan fingerprint density at radius 1 is 1.03 bits per heavy atom. The van der Waals surface area contributed by atoms with Gasteiger partial charge in [0.1, 0.15) is 12.1 Å². The summed E-state index contributed by atoms with van der Waals surface area (Å²) in [5.41, 5.74) is 4.83. The van der Waals surface area contributed by atoms with E-state index in [-0.39, 0.29) is 11.8 Å². The molecule has 0 radical (unpaired) electrons. The molecule has 6 heteroatoms. The summed E-state index contributed by atoms with van der Waals surface area (Å²) in [6.45, 7) is 9.14. The molecule has 2 saturated heterocycles. The van der Waals surface area contributed by atoms with E-state index in [0.29, 0.717) is 19.7 Å². The Morgan fingerprint density at radius 3 is 2.55 bits per heavy atom. The molecule has 0 aromatic heterocycles. The van der Waals surface area contributed by atoms with Crippen LogP contribution in [0.1, 0.15) is 29.2 Å². The Morgan fingerprint density at radius 2 is 1.81 bits per heavy atom. The van der Waals surface area contributed by atoms with Crippen LogP contribution in [-0.2, 0) is 27.5 Å². The Labute approximate surface area is 184 Å². The normalized spacial score (nSPS) is 22.7. The number of benzene rings is 2. The summed E-state index contributed by atoms with van der Waals surface area (Å²) in [6.07, 6.45) is -0.397. The topological polar surface area (TPSA) is 61.9 Å². The Hall–Kier alpha value is -2.70. The maximum Gasteiger partial charge on any atom is 0.248 e. The average Bonchev–Trinajstić information content (AvgIpc) is 2.78. The van der Waals surface area contributed by atoms with Gasteiger partial charge in [-0.25, -0.2) is 0 Å². The molecule has 0 bridgehead atoms. The van der Waals surface area contributed by atoms with Gasteiger partial charge in [0, 0.05) is 26.2 Å². The van der Waals surface area contributed by atoms with E-state index in [4.69, 9.17) is 4.74 Å². The molecule has 1 N–H and O–H groups in total. The van der Waals surface area contributed by atoms with E-state index in [1.54, 1.807) is 4.90 Å². The van der Waals surface area contributed by atoms with Crippen molar-refractivity contribution in [2.45, 2.75) is 52.1 Å². The Balaban J connectivity index is 1.36. The Bertz CT molecular complexity index is 946. The van der Waals surface area contributed by atoms with Gasteiger partial charge in [-0.05, 0) is 43.0 Å². The van der Waals surface area contributed by atoms with Crippen molar-refractivity contribution in [1.29, 1.82) is 0 Å². The van der Waals surface area contributed by atoms with Crippen molar-refractivity contribution >= 4 is 11.8 Å². The molecule has 2 heterocycles. The predicted molar refractivity (Wildman–Crippen MR) is 119 cm³/mol. The summed E-state index contributed by atoms with van der Waals surface area (Å²) in [7, 11) is 0. The first-order chi connectivity index (χ1) is 14.9. The third-order valence-electron chi connectivity index (χ3n) is 6.42. The molecule has 2 fully saturated rings. The van der Waals surface area contributed by atoms with Crippen LogP contribution in [0.25, 0.3) is 0 Å². The van der Waals surface area contributed by atoms with Gasteiger partial charge in [0.2, 0.25) is 11.8 Å². The zero-order chi connectivity index (χ0) is 22.0. The van der Waals surface area contributed by atoms with E-state index >= 15 is 0 Å². The summed E-state index contributed by atoms with van der Waals surface area (Å²) >= 11 is 0. The van der Waals surface area contributed by atoms with Gasteiger partial charge in [0.05, 0.1) is 12.7 Å². The van der Waals surface area contributed by atoms with Crippen LogP contribution in [0.5, 0.6) is 0 Å². The average molecular weight is 422 g/mol. The van der Waals surface area contributed by atoms with Crippen molar-refractivity contribution in [2.75, 3.05) is 19.6 Å². The molecule has 164 valence electrons. The highest BCUT2D eigenvalue weighted by molar-refractivity contribution is 5.97. The summed E-state index contributed by atoms with van der Waals surface area (Å²) < 4.78 is 5.91. The number of nitrogens with zero attached hydrogens (tertiary/aromatic N) is 2. The number of nitrogens with one attached hydrogen (secondary N) is 1. The van der Waals surface area contributed by atoms with Gasteiger partial charge in [-0.15, -0.1) is 0 Å². The molecule has 0 unspecified atom stereocenters. The number of carbonyl (C=O) groups is 2. The van der Waals surface area contributed by atoms with Crippen molar-refractivity contribution in [3.63, 3.8) is 0 Å². The van der Waals surface area contributed by atoms with Crippen LogP contribution in [0.2, 0.25) is 0 Å². The first-order valence-corrected chi connectivity index (χ1v) is 11.0. The fraction of sp³-hybridized carbons (Fsp3) is 0.440. The molecular formula is C25H31N3O3. The highest BCUT2D eigenvalue weighted by Gasteiger charge is 2.45. The van der Waals surface area contributed by atoms with Crippen LogP contribution >= 0.6 is 0 Å². The zero-order valence-electron chi connectivity index (χ0n) is 18.5. The van der Waals surface area contributed by atoms with E-state index < -0.39 is 18.2 Å². The minimum absolute atomic E-state index is 0.0454. The van der Waals surface area contributed by atoms with Gasteiger partial charge in [-0.2, -0.15) is 0 Å². The molecular weight excluding hydrogens is 390 g/mol. The van der Waals surface area contributed by atoms with Gasteiger partial charge in [0.25, 0.3) is 0 Å². The molecule has 2 aliphatic rings. The minimum atomic E-state index is -0.640. The molecule has 0 saturated carbocycles. The van der Waals surface area contributed by atoms with Gasteiger partial charge in [-0.3, -0.25) is 14.5 Å². The number of hydrogen-bond donors (Lipinski definition) is 1. The number of piperazine rings is 2. The van der Waals surface area contributed by atoms with Crippen molar-refractivity contribution < 1.29 is 14.3 Å². The highest BCUT2D eigenvalue weighted by Crippen LogP contribution is 2.21. The first-order valence-electron chi connectivity index (χ1n) is 11.0. The largest absolute Gasteiger partial charge is 0.371 e. The number of aryl methyl sites for hydroxylation is 2. The predicted octanol–water partition coefficient (Wildman–Crippen LogP) is 2.42. The monoisotopic (exact) mass is 421 g/mol. The van der Waals surface area contributed by atoms with Gasteiger partial charge in [-0.1, -0.05) is 48.5 Å². The number of ether oxygens (including phenoxy) is 1. The lowest BCUT2D eigenvalue weighted by Gasteiger charge is -2.46. The molecule has 2 aromatic rings. The van der Waals surface area contributed by atoms with Crippen LogP contribution in [0.4, 0.5) is 0 Å². The van der Waals surface area contributed by atoms with E-state index in [0.717, 1.165) is 18.7 Å². The maximum atomic E-state index is 13.1. The summed E-state index contributed by atoms with van der Waals surface area (Å²) in [6, 6.07) is 15.2. The molecule has 2 amide bonds. The summed E-state index contributed by atoms with van der Waals surface area (Å²) in [5.74, 6) is -0.138.